The van der Waals surface area contributed by atoms with Crippen LogP contribution in [0.3, 0.4) is 0 Å². The summed E-state index contributed by atoms with van der Waals surface area (Å²) in [6, 6.07) is 14.7. The van der Waals surface area contributed by atoms with Crippen molar-refractivity contribution in [2.45, 2.75) is 32.6 Å². The Hall–Kier alpha value is -2.59. The predicted molar refractivity (Wildman–Crippen MR) is 108 cm³/mol. The number of benzene rings is 2. The van der Waals surface area contributed by atoms with Crippen LogP contribution in [0, 0.1) is 12.8 Å². The maximum Gasteiger partial charge on any atom is 0.264 e. The van der Waals surface area contributed by atoms with Crippen molar-refractivity contribution in [1.29, 1.82) is 0 Å². The smallest absolute Gasteiger partial charge is 0.264 e. The Morgan fingerprint density at radius 1 is 1.07 bits per heavy atom. The molecule has 0 bridgehead atoms. The number of hydrogen-bond donors (Lipinski definition) is 1. The number of fused-ring (bicyclic) bond motifs is 1. The molecule has 1 N–H and O–H groups in total. The molecule has 1 saturated carbocycles. The summed E-state index contributed by atoms with van der Waals surface area (Å²) in [6.07, 6.45) is 4.19. The summed E-state index contributed by atoms with van der Waals surface area (Å²) >= 11 is 6.20. The van der Waals surface area contributed by atoms with Crippen molar-refractivity contribution < 1.29 is 9.59 Å². The van der Waals surface area contributed by atoms with Gasteiger partial charge in [-0.1, -0.05) is 36.6 Å². The molecule has 1 heterocycles. The van der Waals surface area contributed by atoms with Crippen LogP contribution in [0.4, 0.5) is 5.69 Å². The number of carbonyl (C=O) groups is 2. The number of nitrogens with one attached hydrogen (secondary N) is 1. The van der Waals surface area contributed by atoms with Gasteiger partial charge in [-0.25, -0.2) is 0 Å². The van der Waals surface area contributed by atoms with Crippen molar-refractivity contribution in [1.82, 2.24) is 4.57 Å². The standard InChI is InChI=1S/C22H21ClN2O2/c1-14-12-16-13-17(24-21(26)15-6-2-3-7-15)10-11-20(16)25(14)22(27)18-8-4-5-9-19(18)23/h4-5,8-13,15H,2-3,6-7H2,1H3,(H,24,26). The molecular weight excluding hydrogens is 360 g/mol. The van der Waals surface area contributed by atoms with Crippen LogP contribution in [0.5, 0.6) is 0 Å². The molecule has 0 spiro atoms. The summed E-state index contributed by atoms with van der Waals surface area (Å²) in [4.78, 5) is 25.4. The Labute approximate surface area is 163 Å². The average molecular weight is 381 g/mol. The van der Waals surface area contributed by atoms with Crippen LogP contribution in [0.2, 0.25) is 5.02 Å². The molecule has 4 nitrogen and oxygen atoms in total. The van der Waals surface area contributed by atoms with Gasteiger partial charge >= 0.3 is 0 Å². The average Bonchev–Trinajstić information content (AvgIpc) is 3.28. The third-order valence-corrected chi connectivity index (χ3v) is 5.62. The Bertz CT molecular complexity index is 1030. The maximum atomic E-state index is 13.0. The minimum Gasteiger partial charge on any atom is -0.326 e. The first-order valence-corrected chi connectivity index (χ1v) is 9.64. The largest absolute Gasteiger partial charge is 0.326 e. The molecule has 27 heavy (non-hydrogen) atoms. The fourth-order valence-electron chi connectivity index (χ4n) is 3.89. The zero-order valence-electron chi connectivity index (χ0n) is 15.2. The van der Waals surface area contributed by atoms with Crippen molar-refractivity contribution in [3.05, 3.63) is 64.8 Å². The van der Waals surface area contributed by atoms with E-state index in [0.717, 1.165) is 48.0 Å². The van der Waals surface area contributed by atoms with E-state index in [1.165, 1.54) is 0 Å². The van der Waals surface area contributed by atoms with Crippen molar-refractivity contribution >= 4 is 40.0 Å². The lowest BCUT2D eigenvalue weighted by molar-refractivity contribution is -0.119. The van der Waals surface area contributed by atoms with E-state index in [-0.39, 0.29) is 17.7 Å². The van der Waals surface area contributed by atoms with Gasteiger partial charge in [0.2, 0.25) is 5.91 Å². The molecule has 2 aromatic carbocycles. The first-order chi connectivity index (χ1) is 13.0. The van der Waals surface area contributed by atoms with Crippen molar-refractivity contribution in [3.8, 4) is 0 Å². The summed E-state index contributed by atoms with van der Waals surface area (Å²) < 4.78 is 1.67. The van der Waals surface area contributed by atoms with E-state index >= 15 is 0 Å². The van der Waals surface area contributed by atoms with E-state index < -0.39 is 0 Å². The number of amides is 1. The molecule has 1 aliphatic rings. The van der Waals surface area contributed by atoms with Crippen LogP contribution < -0.4 is 5.32 Å². The molecule has 5 heteroatoms. The molecule has 0 saturated heterocycles. The van der Waals surface area contributed by atoms with Crippen LogP contribution in [-0.2, 0) is 4.79 Å². The van der Waals surface area contributed by atoms with Gasteiger partial charge in [-0.3, -0.25) is 14.2 Å². The van der Waals surface area contributed by atoms with Gasteiger partial charge in [-0.2, -0.15) is 0 Å². The highest BCUT2D eigenvalue weighted by atomic mass is 35.5. The molecule has 0 unspecified atom stereocenters. The van der Waals surface area contributed by atoms with Crippen LogP contribution in [-0.4, -0.2) is 16.4 Å². The minimum atomic E-state index is -0.157. The van der Waals surface area contributed by atoms with Crippen LogP contribution in [0.1, 0.15) is 41.7 Å². The second-order valence-corrected chi connectivity index (χ2v) is 7.56. The molecular formula is C22H21ClN2O2. The summed E-state index contributed by atoms with van der Waals surface area (Å²) in [7, 11) is 0. The monoisotopic (exact) mass is 380 g/mol. The predicted octanol–water partition coefficient (Wildman–Crippen LogP) is 5.42. The summed E-state index contributed by atoms with van der Waals surface area (Å²) in [5.74, 6) is 0.0554. The van der Waals surface area contributed by atoms with E-state index in [2.05, 4.69) is 5.32 Å². The van der Waals surface area contributed by atoms with Gasteiger partial charge in [0.1, 0.15) is 0 Å². The lowest BCUT2D eigenvalue weighted by atomic mass is 10.1. The van der Waals surface area contributed by atoms with Crippen LogP contribution >= 0.6 is 11.6 Å². The Morgan fingerprint density at radius 3 is 2.56 bits per heavy atom. The van der Waals surface area contributed by atoms with Gasteiger partial charge in [0.15, 0.2) is 0 Å². The van der Waals surface area contributed by atoms with Crippen molar-refractivity contribution in [2.24, 2.45) is 5.92 Å². The van der Waals surface area contributed by atoms with Gasteiger partial charge in [0, 0.05) is 22.7 Å². The van der Waals surface area contributed by atoms with Crippen LogP contribution in [0.25, 0.3) is 10.9 Å². The van der Waals surface area contributed by atoms with Gasteiger partial charge in [-0.05, 0) is 56.2 Å². The number of hydrogen-bond acceptors (Lipinski definition) is 2. The highest BCUT2D eigenvalue weighted by Gasteiger charge is 2.23. The number of anilines is 1. The molecule has 0 atom stereocenters. The molecule has 1 aliphatic carbocycles. The topological polar surface area (TPSA) is 51.1 Å². The molecule has 0 radical (unpaired) electrons. The number of halogens is 1. The Kier molecular flexibility index (Phi) is 4.75. The number of aryl methyl sites for hydroxylation is 1. The summed E-state index contributed by atoms with van der Waals surface area (Å²) in [5, 5.41) is 4.37. The van der Waals surface area contributed by atoms with E-state index in [9.17, 15) is 9.59 Å². The van der Waals surface area contributed by atoms with Gasteiger partial charge < -0.3 is 5.32 Å². The van der Waals surface area contributed by atoms with E-state index in [4.69, 9.17) is 11.6 Å². The molecule has 3 aromatic rings. The van der Waals surface area contributed by atoms with Gasteiger partial charge in [0.25, 0.3) is 5.91 Å². The third-order valence-electron chi connectivity index (χ3n) is 5.29. The molecule has 138 valence electrons. The van der Waals surface area contributed by atoms with E-state index in [1.807, 2.05) is 31.2 Å². The highest BCUT2D eigenvalue weighted by Crippen LogP contribution is 2.28. The normalized spacial score (nSPS) is 14.6. The molecule has 1 fully saturated rings. The van der Waals surface area contributed by atoms with Crippen molar-refractivity contribution in [3.63, 3.8) is 0 Å². The second-order valence-electron chi connectivity index (χ2n) is 7.15. The summed E-state index contributed by atoms with van der Waals surface area (Å²) in [6.45, 7) is 1.89. The Balaban J connectivity index is 1.66. The molecule has 1 amide bonds. The fraction of sp³-hybridized carbons (Fsp3) is 0.273. The molecule has 0 aliphatic heterocycles. The first-order valence-electron chi connectivity index (χ1n) is 9.27. The van der Waals surface area contributed by atoms with E-state index in [1.54, 1.807) is 28.8 Å². The highest BCUT2D eigenvalue weighted by molar-refractivity contribution is 6.34. The SMILES string of the molecule is Cc1cc2cc(NC(=O)C3CCCC3)ccc2n1C(=O)c1ccccc1Cl. The number of aromatic nitrogens is 1. The van der Waals surface area contributed by atoms with Gasteiger partial charge in [-0.15, -0.1) is 0 Å². The van der Waals surface area contributed by atoms with Gasteiger partial charge in [0.05, 0.1) is 16.1 Å². The van der Waals surface area contributed by atoms with E-state index in [0.29, 0.717) is 10.6 Å². The zero-order chi connectivity index (χ0) is 19.0. The Morgan fingerprint density at radius 2 is 1.81 bits per heavy atom. The number of rotatable bonds is 3. The lowest BCUT2D eigenvalue weighted by Gasteiger charge is -2.11. The number of carbonyl (C=O) groups excluding carboxylic acids is 2. The van der Waals surface area contributed by atoms with Crippen LogP contribution in [0.15, 0.2) is 48.5 Å². The molecule has 1 aromatic heterocycles. The second kappa shape index (κ2) is 7.20. The quantitative estimate of drug-likeness (QED) is 0.659. The zero-order valence-corrected chi connectivity index (χ0v) is 15.9. The summed E-state index contributed by atoms with van der Waals surface area (Å²) in [5.41, 5.74) is 2.87. The lowest BCUT2D eigenvalue weighted by Crippen LogP contribution is -2.20. The third kappa shape index (κ3) is 3.37. The first kappa shape index (κ1) is 17.8. The fourth-order valence-corrected chi connectivity index (χ4v) is 4.10. The minimum absolute atomic E-state index is 0.0927. The molecule has 4 rings (SSSR count). The number of nitrogens with zero attached hydrogens (tertiary/aromatic N) is 1. The van der Waals surface area contributed by atoms with Crippen molar-refractivity contribution in [2.75, 3.05) is 5.32 Å². The maximum absolute atomic E-state index is 13.0.